The maximum atomic E-state index is 13.0. The highest BCUT2D eigenvalue weighted by molar-refractivity contribution is 5.95. The average Bonchev–Trinajstić information content (AvgIpc) is 2.82. The molecule has 3 amide bonds. The minimum absolute atomic E-state index is 0.0448. The maximum absolute atomic E-state index is 13.0. The average molecular weight is 531 g/mol. The molecule has 0 rings (SSSR count). The number of carbonyl (C=O) groups is 5. The van der Waals surface area contributed by atoms with E-state index < -0.39 is 60.2 Å². The number of amides is 3. The summed E-state index contributed by atoms with van der Waals surface area (Å²) < 4.78 is 0. The van der Waals surface area contributed by atoms with Crippen molar-refractivity contribution in [3.63, 3.8) is 0 Å². The molecule has 212 valence electrons. The van der Waals surface area contributed by atoms with Crippen molar-refractivity contribution < 1.29 is 34.2 Å². The van der Waals surface area contributed by atoms with E-state index in [0.29, 0.717) is 25.8 Å². The molecular weight excluding hydrogens is 488 g/mol. The Labute approximate surface area is 216 Å². The molecule has 0 aromatic heterocycles. The lowest BCUT2D eigenvalue weighted by Crippen LogP contribution is -2.58. The van der Waals surface area contributed by atoms with Crippen LogP contribution in [0, 0.1) is 5.92 Å². The number of nitrogens with zero attached hydrogens (tertiary/aromatic N) is 1. The lowest BCUT2D eigenvalue weighted by Gasteiger charge is -2.25. The molecule has 0 bridgehead atoms. The smallest absolute Gasteiger partial charge is 0.326 e. The largest absolute Gasteiger partial charge is 0.481 e. The summed E-state index contributed by atoms with van der Waals surface area (Å²) in [5, 5.41) is 25.8. The molecule has 37 heavy (non-hydrogen) atoms. The Morgan fingerprint density at radius 2 is 1.38 bits per heavy atom. The third-order valence-corrected chi connectivity index (χ3v) is 5.71. The van der Waals surface area contributed by atoms with Crippen molar-refractivity contribution in [1.29, 1.82) is 0 Å². The number of guanidine groups is 1. The Morgan fingerprint density at radius 1 is 0.838 bits per heavy atom. The van der Waals surface area contributed by atoms with Crippen LogP contribution >= 0.6 is 0 Å². The number of carbonyl (C=O) groups excluding carboxylic acids is 3. The van der Waals surface area contributed by atoms with Gasteiger partial charge >= 0.3 is 11.9 Å². The van der Waals surface area contributed by atoms with Crippen molar-refractivity contribution in [2.45, 2.75) is 83.0 Å². The summed E-state index contributed by atoms with van der Waals surface area (Å²) in [4.78, 5) is 65.0. The van der Waals surface area contributed by atoms with E-state index in [2.05, 4.69) is 20.9 Å². The van der Waals surface area contributed by atoms with Gasteiger partial charge in [-0.05, 0) is 44.6 Å². The van der Waals surface area contributed by atoms with Crippen LogP contribution < -0.4 is 38.9 Å². The summed E-state index contributed by atoms with van der Waals surface area (Å²) in [5.74, 6) is -5.45. The first-order valence-corrected chi connectivity index (χ1v) is 12.2. The number of carboxylic acids is 2. The lowest BCUT2D eigenvalue weighted by atomic mass is 9.98. The number of aliphatic imine (C=N–C) groups is 1. The molecule has 0 fully saturated rings. The Bertz CT molecular complexity index is 804. The van der Waals surface area contributed by atoms with Gasteiger partial charge in [0.25, 0.3) is 0 Å². The minimum Gasteiger partial charge on any atom is -0.481 e. The van der Waals surface area contributed by atoms with Crippen LogP contribution in [0.25, 0.3) is 0 Å². The first kappa shape index (κ1) is 33.5. The van der Waals surface area contributed by atoms with Gasteiger partial charge < -0.3 is 49.1 Å². The van der Waals surface area contributed by atoms with Gasteiger partial charge in [-0.3, -0.25) is 24.2 Å². The normalized spacial score (nSPS) is 14.8. The Hall–Kier alpha value is -3.46. The van der Waals surface area contributed by atoms with Gasteiger partial charge in [-0.25, -0.2) is 4.79 Å². The molecule has 0 aliphatic heterocycles. The number of nitrogens with one attached hydrogen (secondary N) is 3. The molecule has 0 saturated carbocycles. The third kappa shape index (κ3) is 14.0. The summed E-state index contributed by atoms with van der Waals surface area (Å²) in [6, 6.07) is -4.94. The molecule has 5 unspecified atom stereocenters. The second-order valence-corrected chi connectivity index (χ2v) is 8.76. The predicted octanol–water partition coefficient (Wildman–Crippen LogP) is -2.44. The topological polar surface area (TPSA) is 278 Å². The molecule has 0 aromatic rings. The van der Waals surface area contributed by atoms with Crippen molar-refractivity contribution in [2.75, 3.05) is 13.1 Å². The van der Waals surface area contributed by atoms with Crippen LogP contribution in [-0.2, 0) is 24.0 Å². The number of hydrogen-bond donors (Lipinski definition) is 9. The van der Waals surface area contributed by atoms with Gasteiger partial charge in [0, 0.05) is 6.54 Å². The number of nitrogens with two attached hydrogens (primary N) is 4. The number of rotatable bonds is 19. The van der Waals surface area contributed by atoms with Crippen LogP contribution in [0.2, 0.25) is 0 Å². The second kappa shape index (κ2) is 17.9. The fourth-order valence-corrected chi connectivity index (χ4v) is 3.23. The van der Waals surface area contributed by atoms with Gasteiger partial charge in [0.15, 0.2) is 5.96 Å². The van der Waals surface area contributed by atoms with E-state index in [4.69, 9.17) is 22.9 Å². The molecule has 0 spiro atoms. The molecule has 0 heterocycles. The van der Waals surface area contributed by atoms with Gasteiger partial charge in [-0.2, -0.15) is 0 Å². The molecule has 0 aliphatic carbocycles. The van der Waals surface area contributed by atoms with Crippen molar-refractivity contribution in [2.24, 2.45) is 33.8 Å². The Balaban J connectivity index is 5.53. The van der Waals surface area contributed by atoms with E-state index >= 15 is 0 Å². The summed E-state index contributed by atoms with van der Waals surface area (Å²) in [7, 11) is 0. The van der Waals surface area contributed by atoms with E-state index in [1.165, 1.54) is 0 Å². The molecular formula is C22H42N8O7. The molecule has 0 aromatic carbocycles. The van der Waals surface area contributed by atoms with Crippen LogP contribution in [0.4, 0.5) is 0 Å². The molecule has 0 aliphatic rings. The van der Waals surface area contributed by atoms with Crippen molar-refractivity contribution in [3.8, 4) is 0 Å². The molecule has 13 N–H and O–H groups in total. The lowest BCUT2D eigenvalue weighted by molar-refractivity contribution is -0.143. The molecule has 15 heteroatoms. The Kier molecular flexibility index (Phi) is 16.2. The highest BCUT2D eigenvalue weighted by atomic mass is 16.4. The zero-order valence-electron chi connectivity index (χ0n) is 21.4. The van der Waals surface area contributed by atoms with E-state index in [9.17, 15) is 34.2 Å². The fraction of sp³-hybridized carbons (Fsp3) is 0.727. The number of hydrogen-bond acceptors (Lipinski definition) is 8. The van der Waals surface area contributed by atoms with Gasteiger partial charge in [0.2, 0.25) is 17.7 Å². The van der Waals surface area contributed by atoms with E-state index in [-0.39, 0.29) is 37.7 Å². The van der Waals surface area contributed by atoms with E-state index in [1.54, 1.807) is 6.92 Å². The quantitative estimate of drug-likeness (QED) is 0.0480. The summed E-state index contributed by atoms with van der Waals surface area (Å²) in [6.45, 7) is 4.14. The summed E-state index contributed by atoms with van der Waals surface area (Å²) >= 11 is 0. The van der Waals surface area contributed by atoms with E-state index in [1.807, 2.05) is 6.92 Å². The van der Waals surface area contributed by atoms with Crippen LogP contribution in [-0.4, -0.2) is 83.1 Å². The van der Waals surface area contributed by atoms with Gasteiger partial charge in [-0.1, -0.05) is 20.3 Å². The Morgan fingerprint density at radius 3 is 1.89 bits per heavy atom. The van der Waals surface area contributed by atoms with Crippen molar-refractivity contribution in [1.82, 2.24) is 16.0 Å². The van der Waals surface area contributed by atoms with Gasteiger partial charge in [0.1, 0.15) is 18.1 Å². The van der Waals surface area contributed by atoms with Crippen LogP contribution in [0.15, 0.2) is 4.99 Å². The first-order chi connectivity index (χ1) is 17.3. The predicted molar refractivity (Wildman–Crippen MR) is 136 cm³/mol. The third-order valence-electron chi connectivity index (χ3n) is 5.71. The SMILES string of the molecule is CCC(C)C(N)C(=O)NC(CCCCN)C(=O)NC(CC(=O)O)C(=O)NC(CCCN=C(N)N)C(=O)O. The summed E-state index contributed by atoms with van der Waals surface area (Å²) in [5.41, 5.74) is 21.9. The summed E-state index contributed by atoms with van der Waals surface area (Å²) in [6.07, 6.45) is 1.21. The second-order valence-electron chi connectivity index (χ2n) is 8.76. The zero-order chi connectivity index (χ0) is 28.5. The van der Waals surface area contributed by atoms with Gasteiger partial charge in [0.05, 0.1) is 12.5 Å². The van der Waals surface area contributed by atoms with Crippen LogP contribution in [0.5, 0.6) is 0 Å². The number of carboxylic acid groups (broad SMARTS) is 2. The zero-order valence-corrected chi connectivity index (χ0v) is 21.4. The van der Waals surface area contributed by atoms with Gasteiger partial charge in [-0.15, -0.1) is 0 Å². The fourth-order valence-electron chi connectivity index (χ4n) is 3.23. The van der Waals surface area contributed by atoms with Crippen LogP contribution in [0.1, 0.15) is 58.8 Å². The number of aliphatic carboxylic acids is 2. The monoisotopic (exact) mass is 530 g/mol. The van der Waals surface area contributed by atoms with E-state index in [0.717, 1.165) is 0 Å². The maximum Gasteiger partial charge on any atom is 0.326 e. The highest BCUT2D eigenvalue weighted by Crippen LogP contribution is 2.08. The van der Waals surface area contributed by atoms with Crippen LogP contribution in [0.3, 0.4) is 0 Å². The van der Waals surface area contributed by atoms with Crippen molar-refractivity contribution in [3.05, 3.63) is 0 Å². The highest BCUT2D eigenvalue weighted by Gasteiger charge is 2.32. The minimum atomic E-state index is -1.60. The standard InChI is InChI=1S/C22H42N8O7/c1-3-12(2)17(24)20(35)28-13(7-4-5-9-23)18(33)30-15(11-16(31)32)19(34)29-14(21(36)37)8-6-10-27-22(25)26/h12-15,17H,3-11,23-24H2,1-2H3,(H,28,35)(H,29,34)(H,30,33)(H,31,32)(H,36,37)(H4,25,26,27). The number of unbranched alkanes of at least 4 members (excludes halogenated alkanes) is 1. The molecule has 5 atom stereocenters. The molecule has 0 saturated heterocycles. The first-order valence-electron chi connectivity index (χ1n) is 12.2. The molecule has 15 nitrogen and oxygen atoms in total. The molecule has 0 radical (unpaired) electrons. The van der Waals surface area contributed by atoms with Crippen molar-refractivity contribution >= 4 is 35.6 Å².